The van der Waals surface area contributed by atoms with Crippen LogP contribution >= 0.6 is 0 Å². The zero-order valence-electron chi connectivity index (χ0n) is 11.2. The third kappa shape index (κ3) is 3.57. The van der Waals surface area contributed by atoms with Crippen LogP contribution in [0.15, 0.2) is 0 Å². The maximum atomic E-state index is 6.41. The molecule has 1 fully saturated rings. The Kier molecular flexibility index (Phi) is 4.01. The highest BCUT2D eigenvalue weighted by molar-refractivity contribution is 6.74. The molecule has 90 valence electrons. The number of nitrogens with one attached hydrogen (secondary N) is 1. The molecule has 0 aliphatic carbocycles. The fraction of sp³-hybridized carbons (Fsp3) is 1.00. The Balaban J connectivity index is 2.53. The first-order valence-electron chi connectivity index (χ1n) is 6.13. The molecule has 0 radical (unpaired) electrons. The largest absolute Gasteiger partial charge is 0.414 e. The normalized spacial score (nSPS) is 29.2. The lowest BCUT2D eigenvalue weighted by Gasteiger charge is -2.41. The molecule has 3 heteroatoms. The van der Waals surface area contributed by atoms with Crippen molar-refractivity contribution in [3.8, 4) is 0 Å². The molecule has 0 spiro atoms. The highest BCUT2D eigenvalue weighted by Crippen LogP contribution is 2.38. The monoisotopic (exact) mass is 229 g/mol. The van der Waals surface area contributed by atoms with Crippen LogP contribution < -0.4 is 5.32 Å². The van der Waals surface area contributed by atoms with E-state index in [0.717, 1.165) is 6.54 Å². The fourth-order valence-electron chi connectivity index (χ4n) is 1.79. The van der Waals surface area contributed by atoms with Gasteiger partial charge >= 0.3 is 0 Å². The molecule has 2 atom stereocenters. The van der Waals surface area contributed by atoms with E-state index >= 15 is 0 Å². The predicted molar refractivity (Wildman–Crippen MR) is 68.8 cm³/mol. The molecule has 1 heterocycles. The van der Waals surface area contributed by atoms with Crippen LogP contribution in [0.3, 0.4) is 0 Å². The van der Waals surface area contributed by atoms with Gasteiger partial charge in [-0.2, -0.15) is 0 Å². The summed E-state index contributed by atoms with van der Waals surface area (Å²) in [6.45, 7) is 15.0. The summed E-state index contributed by atoms with van der Waals surface area (Å²) in [5.41, 5.74) is 0. The van der Waals surface area contributed by atoms with Crippen LogP contribution in [-0.2, 0) is 4.43 Å². The van der Waals surface area contributed by atoms with Crippen molar-refractivity contribution in [1.82, 2.24) is 5.32 Å². The van der Waals surface area contributed by atoms with E-state index in [1.807, 2.05) is 0 Å². The third-order valence-electron chi connectivity index (χ3n) is 3.84. The minimum absolute atomic E-state index is 0.334. The van der Waals surface area contributed by atoms with Gasteiger partial charge in [0.1, 0.15) is 0 Å². The summed E-state index contributed by atoms with van der Waals surface area (Å²) in [6, 6.07) is 0.619. The summed E-state index contributed by atoms with van der Waals surface area (Å²) in [5, 5.41) is 3.81. The topological polar surface area (TPSA) is 21.3 Å². The molecule has 0 bridgehead atoms. The van der Waals surface area contributed by atoms with Crippen LogP contribution in [0.25, 0.3) is 0 Å². The standard InChI is InChI=1S/C12H27NOSi/c1-10-9-11(7-8-13-10)14-15(5,6)12(2,3)4/h10-11,13H,7-9H2,1-6H3/t10-,11?/m1/s1. The number of hydrogen-bond acceptors (Lipinski definition) is 2. The van der Waals surface area contributed by atoms with Crippen molar-refractivity contribution in [1.29, 1.82) is 0 Å². The highest BCUT2D eigenvalue weighted by atomic mass is 28.4. The van der Waals surface area contributed by atoms with Gasteiger partial charge in [0.05, 0.1) is 0 Å². The Morgan fingerprint density at radius 3 is 2.33 bits per heavy atom. The second kappa shape index (κ2) is 4.56. The van der Waals surface area contributed by atoms with Crippen LogP contribution in [0.5, 0.6) is 0 Å². The molecule has 1 rings (SSSR count). The van der Waals surface area contributed by atoms with Crippen molar-refractivity contribution < 1.29 is 4.43 Å². The van der Waals surface area contributed by atoms with Gasteiger partial charge in [-0.15, -0.1) is 0 Å². The van der Waals surface area contributed by atoms with Gasteiger partial charge in [0.15, 0.2) is 8.32 Å². The van der Waals surface area contributed by atoms with Crippen LogP contribution in [-0.4, -0.2) is 27.0 Å². The van der Waals surface area contributed by atoms with Crippen molar-refractivity contribution in [3.05, 3.63) is 0 Å². The Hall–Kier alpha value is 0.137. The first-order chi connectivity index (χ1) is 6.72. The molecule has 0 aromatic heterocycles. The van der Waals surface area contributed by atoms with Crippen molar-refractivity contribution in [3.63, 3.8) is 0 Å². The van der Waals surface area contributed by atoms with E-state index < -0.39 is 8.32 Å². The lowest BCUT2D eigenvalue weighted by atomic mass is 10.0. The average Bonchev–Trinajstić information content (AvgIpc) is 2.00. The van der Waals surface area contributed by atoms with Crippen LogP contribution in [0.2, 0.25) is 18.1 Å². The number of piperidine rings is 1. The van der Waals surface area contributed by atoms with Crippen LogP contribution in [0.4, 0.5) is 0 Å². The molecule has 0 saturated carbocycles. The van der Waals surface area contributed by atoms with E-state index in [1.54, 1.807) is 0 Å². The van der Waals surface area contributed by atoms with E-state index in [9.17, 15) is 0 Å². The molecule has 1 saturated heterocycles. The fourth-order valence-corrected chi connectivity index (χ4v) is 3.19. The quantitative estimate of drug-likeness (QED) is 0.735. The number of rotatable bonds is 2. The zero-order valence-corrected chi connectivity index (χ0v) is 12.2. The predicted octanol–water partition coefficient (Wildman–Crippen LogP) is 3.15. The lowest BCUT2D eigenvalue weighted by molar-refractivity contribution is 0.128. The van der Waals surface area contributed by atoms with Gasteiger partial charge in [-0.1, -0.05) is 20.8 Å². The molecule has 15 heavy (non-hydrogen) atoms. The minimum Gasteiger partial charge on any atom is -0.414 e. The van der Waals surface area contributed by atoms with Crippen LogP contribution in [0, 0.1) is 0 Å². The molecular formula is C12H27NOSi. The van der Waals surface area contributed by atoms with Gasteiger partial charge in [-0.3, -0.25) is 0 Å². The summed E-state index contributed by atoms with van der Waals surface area (Å²) in [4.78, 5) is 0. The molecule has 1 unspecified atom stereocenters. The molecular weight excluding hydrogens is 202 g/mol. The summed E-state index contributed by atoms with van der Waals surface area (Å²) in [5.74, 6) is 0. The van der Waals surface area contributed by atoms with Gasteiger partial charge in [0.2, 0.25) is 0 Å². The second-order valence-electron chi connectivity index (χ2n) is 6.38. The van der Waals surface area contributed by atoms with Crippen molar-refractivity contribution in [2.45, 2.75) is 70.8 Å². The van der Waals surface area contributed by atoms with E-state index in [0.29, 0.717) is 17.2 Å². The van der Waals surface area contributed by atoms with Gasteiger partial charge in [0, 0.05) is 12.1 Å². The second-order valence-corrected chi connectivity index (χ2v) is 11.1. The molecule has 1 N–H and O–H groups in total. The Bertz CT molecular complexity index is 210. The first-order valence-corrected chi connectivity index (χ1v) is 9.04. The Labute approximate surface area is 95.9 Å². The molecule has 0 amide bonds. The lowest BCUT2D eigenvalue weighted by Crippen LogP contribution is -2.48. The third-order valence-corrected chi connectivity index (χ3v) is 8.38. The number of hydrogen-bond donors (Lipinski definition) is 1. The molecule has 0 aromatic rings. The van der Waals surface area contributed by atoms with Gasteiger partial charge in [-0.05, 0) is 44.4 Å². The zero-order chi connectivity index (χ0) is 11.7. The Morgan fingerprint density at radius 2 is 1.87 bits per heavy atom. The van der Waals surface area contributed by atoms with Gasteiger partial charge < -0.3 is 9.74 Å². The van der Waals surface area contributed by atoms with Gasteiger partial charge in [0.25, 0.3) is 0 Å². The smallest absolute Gasteiger partial charge is 0.192 e. The molecule has 1 aliphatic heterocycles. The maximum Gasteiger partial charge on any atom is 0.192 e. The first kappa shape index (κ1) is 13.2. The van der Waals surface area contributed by atoms with Crippen LogP contribution in [0.1, 0.15) is 40.5 Å². The summed E-state index contributed by atoms with van der Waals surface area (Å²) >= 11 is 0. The van der Waals surface area contributed by atoms with E-state index in [2.05, 4.69) is 46.1 Å². The van der Waals surface area contributed by atoms with Gasteiger partial charge in [-0.25, -0.2) is 0 Å². The van der Waals surface area contributed by atoms with Crippen molar-refractivity contribution in [2.75, 3.05) is 6.54 Å². The van der Waals surface area contributed by atoms with E-state index in [-0.39, 0.29) is 0 Å². The Morgan fingerprint density at radius 1 is 1.27 bits per heavy atom. The van der Waals surface area contributed by atoms with E-state index in [4.69, 9.17) is 4.43 Å². The summed E-state index contributed by atoms with van der Waals surface area (Å²) in [6.07, 6.45) is 2.84. The van der Waals surface area contributed by atoms with E-state index in [1.165, 1.54) is 12.8 Å². The van der Waals surface area contributed by atoms with Crippen molar-refractivity contribution in [2.24, 2.45) is 0 Å². The molecule has 2 nitrogen and oxygen atoms in total. The van der Waals surface area contributed by atoms with Crippen molar-refractivity contribution >= 4 is 8.32 Å². The SMILES string of the molecule is C[C@@H]1CC(O[Si](C)(C)C(C)(C)C)CCN1. The molecule has 0 aromatic carbocycles. The minimum atomic E-state index is -1.55. The highest BCUT2D eigenvalue weighted by Gasteiger charge is 2.39. The summed E-state index contributed by atoms with van der Waals surface area (Å²) < 4.78 is 6.41. The summed E-state index contributed by atoms with van der Waals surface area (Å²) in [7, 11) is -1.55. The average molecular weight is 229 g/mol. The maximum absolute atomic E-state index is 6.41. The molecule has 1 aliphatic rings.